The predicted molar refractivity (Wildman–Crippen MR) is 126 cm³/mol. The fourth-order valence-corrected chi connectivity index (χ4v) is 2.79. The number of aliphatic hydroxyl groups excluding tert-OH is 5. The van der Waals surface area contributed by atoms with Gasteiger partial charge in [-0.1, -0.05) is 33.0 Å². The molecular weight excluding hydrogens is 708 g/mol. The van der Waals surface area contributed by atoms with Gasteiger partial charge < -0.3 is 65.1 Å². The average Bonchev–Trinajstić information content (AvgIpc) is 2.71. The topological polar surface area (TPSA) is 262 Å². The van der Waals surface area contributed by atoms with E-state index in [1.165, 1.54) is 18.5 Å². The van der Waals surface area contributed by atoms with Gasteiger partial charge in [-0.15, -0.1) is 7.92 Å². The minimum absolute atomic E-state index is 0. The number of hydrogen-bond acceptors (Lipinski definition) is 14. The van der Waals surface area contributed by atoms with Gasteiger partial charge in [-0.3, -0.25) is 0 Å². The zero-order chi connectivity index (χ0) is 29.7. The molecule has 0 aromatic rings. The van der Waals surface area contributed by atoms with Crippen molar-refractivity contribution in [2.24, 2.45) is 0 Å². The Morgan fingerprint density at radius 2 is 0.944 bits per heavy atom. The van der Waals surface area contributed by atoms with Crippen molar-refractivity contribution in [3.63, 3.8) is 0 Å². The summed E-state index contributed by atoms with van der Waals surface area (Å²) in [5.41, 5.74) is 0. The van der Waals surface area contributed by atoms with Gasteiger partial charge >= 0.3 is 0 Å². The number of carboxylic acids is 4. The van der Waals surface area contributed by atoms with Crippen molar-refractivity contribution in [3.8, 4) is 0 Å². The summed E-state index contributed by atoms with van der Waals surface area (Å²) in [5.74, 6) is -4.33. The summed E-state index contributed by atoms with van der Waals surface area (Å²) < 4.78 is 0. The summed E-state index contributed by atoms with van der Waals surface area (Å²) in [7, 11) is 0.446. The second-order valence-corrected chi connectivity index (χ2v) is 9.45. The van der Waals surface area contributed by atoms with Gasteiger partial charge in [-0.05, 0) is 46.2 Å². The molecule has 0 aliphatic carbocycles. The van der Waals surface area contributed by atoms with Crippen molar-refractivity contribution in [2.45, 2.75) is 72.9 Å². The number of carbonyl (C=O) groups excluding carboxylic acids is 4. The molecule has 0 aliphatic rings. The van der Waals surface area contributed by atoms with Gasteiger partial charge in [0, 0.05) is 51.6 Å². The molecule has 0 aliphatic heterocycles. The standard InChI is InChI=1S/C6H12O5S.C6H15P.4C2H4O2.Au/c7-1-3(8)5(10)6(11)4(9)2-12;1-4-7(5-2)6-3;4*1-2(3)4;/h2-11H,1H2;4-6H2,1-3H3;4*1H3,(H,3,4);/p-4/t3-,4+,5-,6-;;;;;;/m1....../s1. The molecule has 0 spiro atoms. The maximum atomic E-state index is 9.02. The Kier molecular flexibility index (Phi) is 55.1. The Morgan fingerprint density at radius 1 is 0.722 bits per heavy atom. The summed E-state index contributed by atoms with van der Waals surface area (Å²) in [4.78, 5) is 35.6. The number of aliphatic carboxylic acids is 4. The van der Waals surface area contributed by atoms with Gasteiger partial charge in [0.05, 0.1) is 6.61 Å². The van der Waals surface area contributed by atoms with E-state index in [0.717, 1.165) is 33.1 Å². The number of carboxylic acid groups (broad SMARTS) is 4. The quantitative estimate of drug-likeness (QED) is 0.0885. The molecule has 13 nitrogen and oxygen atoms in total. The first-order valence-electron chi connectivity index (χ1n) is 10.0. The van der Waals surface area contributed by atoms with E-state index in [2.05, 4.69) is 33.0 Å². The van der Waals surface area contributed by atoms with Crippen LogP contribution in [-0.4, -0.2) is 104 Å². The van der Waals surface area contributed by atoms with Crippen LogP contribution in [0.4, 0.5) is 0 Å². The molecule has 0 aromatic carbocycles. The van der Waals surface area contributed by atoms with E-state index in [0.29, 0.717) is 7.92 Å². The van der Waals surface area contributed by atoms with Gasteiger partial charge in [-0.2, -0.15) is 0 Å². The third-order valence-corrected chi connectivity index (χ3v) is 5.72. The fourth-order valence-electron chi connectivity index (χ4n) is 1.29. The van der Waals surface area contributed by atoms with Gasteiger partial charge in [0.15, 0.2) is 0 Å². The molecule has 0 aromatic heterocycles. The first kappa shape index (κ1) is 51.6. The normalized spacial score (nSPS) is 11.8. The number of rotatable bonds is 8. The van der Waals surface area contributed by atoms with Crippen molar-refractivity contribution in [1.29, 1.82) is 0 Å². The minimum Gasteiger partial charge on any atom is -0.550 e. The summed E-state index contributed by atoms with van der Waals surface area (Å²) in [5, 5.41) is 80.5. The van der Waals surface area contributed by atoms with Crippen molar-refractivity contribution >= 4 is 49.4 Å². The van der Waals surface area contributed by atoms with Crippen LogP contribution in [0.3, 0.4) is 0 Å². The van der Waals surface area contributed by atoms with Crippen LogP contribution in [0.25, 0.3) is 0 Å². The molecule has 36 heavy (non-hydrogen) atoms. The minimum atomic E-state index is -1.61. The van der Waals surface area contributed by atoms with Gasteiger partial charge in [-0.25, -0.2) is 0 Å². The molecule has 0 unspecified atom stereocenters. The first-order chi connectivity index (χ1) is 15.8. The molecule has 5 N–H and O–H groups in total. The van der Waals surface area contributed by atoms with E-state index in [1.807, 2.05) is 0 Å². The number of carbonyl (C=O) groups is 4. The second-order valence-electron chi connectivity index (χ2n) is 5.94. The zero-order valence-electron chi connectivity index (χ0n) is 21.4. The third kappa shape index (κ3) is 76.6. The van der Waals surface area contributed by atoms with Gasteiger partial charge in [0.1, 0.15) is 24.4 Å². The molecule has 0 bridgehead atoms. The van der Waals surface area contributed by atoms with Gasteiger partial charge in [0.25, 0.3) is 0 Å². The van der Waals surface area contributed by atoms with Crippen LogP contribution in [0.15, 0.2) is 0 Å². The predicted octanol–water partition coefficient (Wildman–Crippen LogP) is -5.03. The van der Waals surface area contributed by atoms with Crippen LogP contribution in [0.2, 0.25) is 0 Å². The summed E-state index contributed by atoms with van der Waals surface area (Å²) in [6.45, 7) is 10.1. The largest absolute Gasteiger partial charge is 0.550 e. The maximum absolute atomic E-state index is 9.02. The van der Waals surface area contributed by atoms with Crippen LogP contribution >= 0.6 is 20.1 Å². The second kappa shape index (κ2) is 38.5. The van der Waals surface area contributed by atoms with Crippen LogP contribution in [0.1, 0.15) is 48.5 Å². The van der Waals surface area contributed by atoms with E-state index in [9.17, 15) is 0 Å². The molecular formula is C20H39AuO13PS-4. The van der Waals surface area contributed by atoms with E-state index in [4.69, 9.17) is 65.1 Å². The van der Waals surface area contributed by atoms with Crippen molar-refractivity contribution in [1.82, 2.24) is 0 Å². The number of thiocarbonyl (C=S) groups is 1. The molecule has 16 heteroatoms. The Labute approximate surface area is 234 Å². The Hall–Kier alpha value is -1.06. The zero-order valence-corrected chi connectivity index (χ0v) is 25.3. The Balaban J connectivity index is -0.0000000603. The average molecular weight is 748 g/mol. The van der Waals surface area contributed by atoms with Crippen molar-refractivity contribution < 1.29 is 87.5 Å². The molecule has 0 fully saturated rings. The number of hydrogen-bond donors (Lipinski definition) is 5. The molecule has 0 rings (SSSR count). The summed E-state index contributed by atoms with van der Waals surface area (Å²) >= 11 is 4.30. The molecule has 1 radical (unpaired) electrons. The monoisotopic (exact) mass is 747 g/mol. The Morgan fingerprint density at radius 3 is 1.06 bits per heavy atom. The molecule has 4 atom stereocenters. The molecule has 0 heterocycles. The first-order valence-corrected chi connectivity index (χ1v) is 12.4. The van der Waals surface area contributed by atoms with E-state index < -0.39 is 54.9 Å². The fraction of sp³-hybridized carbons (Fsp3) is 0.750. The van der Waals surface area contributed by atoms with Crippen LogP contribution in [0, 0.1) is 0 Å². The summed E-state index contributed by atoms with van der Waals surface area (Å²) in [6.07, 6.45) is -1.80. The smallest absolute Gasteiger partial charge is 0.113 e. The van der Waals surface area contributed by atoms with Crippen LogP contribution < -0.4 is 20.4 Å². The third-order valence-electron chi connectivity index (χ3n) is 2.76. The van der Waals surface area contributed by atoms with Crippen molar-refractivity contribution in [3.05, 3.63) is 0 Å². The molecule has 0 amide bonds. The van der Waals surface area contributed by atoms with Crippen LogP contribution in [0.5, 0.6) is 0 Å². The number of aliphatic hydroxyl groups is 5. The van der Waals surface area contributed by atoms with E-state index in [-0.39, 0.29) is 22.4 Å². The molecule has 0 saturated carbocycles. The van der Waals surface area contributed by atoms with E-state index in [1.54, 1.807) is 0 Å². The van der Waals surface area contributed by atoms with Crippen molar-refractivity contribution in [2.75, 3.05) is 25.1 Å². The molecule has 223 valence electrons. The summed E-state index contributed by atoms with van der Waals surface area (Å²) in [6, 6.07) is 0. The maximum Gasteiger partial charge on any atom is 0.113 e. The SMILES string of the molecule is CC(=O)[O-].CC(=O)[O-].CC(=O)[O-].CC(=O)[O-].CCP(CC)CC.OC[C@@H](O)[C@@H](O)[C@H](O)[C@@H](O)C=S.[Au]. The van der Waals surface area contributed by atoms with Gasteiger partial charge in [0.2, 0.25) is 0 Å². The van der Waals surface area contributed by atoms with E-state index >= 15 is 0 Å². The Bertz CT molecular complexity index is 468. The molecule has 0 saturated heterocycles. The van der Waals surface area contributed by atoms with Crippen LogP contribution in [-0.2, 0) is 41.6 Å².